The van der Waals surface area contributed by atoms with Gasteiger partial charge in [0.25, 0.3) is 0 Å². The van der Waals surface area contributed by atoms with Gasteiger partial charge in [0.2, 0.25) is 11.1 Å². The molecular formula is C17H21ClN2O2. The largest absolute Gasteiger partial charge is 0.370 e. The zero-order valence-electron chi connectivity index (χ0n) is 12.8. The Morgan fingerprint density at radius 3 is 2.41 bits per heavy atom. The summed E-state index contributed by atoms with van der Waals surface area (Å²) in [5.41, 5.74) is 1.99. The molecule has 1 unspecified atom stereocenters. The Bertz CT molecular complexity index is 582. The minimum atomic E-state index is -0.417. The number of carbonyl (C=O) groups is 2. The van der Waals surface area contributed by atoms with E-state index in [1.54, 1.807) is 4.90 Å². The fraction of sp³-hybridized carbons (Fsp3) is 0.529. The number of nitrogens with zero attached hydrogens (tertiary/aromatic N) is 2. The average Bonchev–Trinajstić information content (AvgIpc) is 2.90. The molecule has 0 N–H and O–H groups in total. The standard InChI is InChI=1S/C17H21ClN2O2/c1-12-6-8-19(9-7-12)14-4-2-3-5-15(14)20-11-13(17(18)22)10-16(20)21/h2-5,12-13H,6-11H2,1H3. The van der Waals surface area contributed by atoms with Gasteiger partial charge < -0.3 is 9.80 Å². The van der Waals surface area contributed by atoms with Gasteiger partial charge in [0.15, 0.2) is 0 Å². The number of para-hydroxylation sites is 2. The predicted octanol–water partition coefficient (Wildman–Crippen LogP) is 3.04. The molecule has 0 radical (unpaired) electrons. The minimum Gasteiger partial charge on any atom is -0.370 e. The van der Waals surface area contributed by atoms with E-state index in [9.17, 15) is 9.59 Å². The first kappa shape index (κ1) is 15.3. The van der Waals surface area contributed by atoms with Crippen LogP contribution < -0.4 is 9.80 Å². The summed E-state index contributed by atoms with van der Waals surface area (Å²) in [6, 6.07) is 7.97. The molecule has 0 bridgehead atoms. The van der Waals surface area contributed by atoms with Crippen molar-refractivity contribution in [2.75, 3.05) is 29.4 Å². The second kappa shape index (κ2) is 6.29. The van der Waals surface area contributed by atoms with E-state index in [-0.39, 0.29) is 18.2 Å². The Morgan fingerprint density at radius 1 is 1.18 bits per heavy atom. The van der Waals surface area contributed by atoms with Crippen LogP contribution in [0.1, 0.15) is 26.2 Å². The number of halogens is 1. The van der Waals surface area contributed by atoms with Gasteiger partial charge in [0, 0.05) is 26.1 Å². The topological polar surface area (TPSA) is 40.6 Å². The van der Waals surface area contributed by atoms with Gasteiger partial charge in [-0.2, -0.15) is 0 Å². The fourth-order valence-electron chi connectivity index (χ4n) is 3.30. The van der Waals surface area contributed by atoms with E-state index in [0.717, 1.165) is 30.4 Å². The van der Waals surface area contributed by atoms with Crippen molar-refractivity contribution >= 4 is 34.1 Å². The molecule has 4 nitrogen and oxygen atoms in total. The molecule has 0 saturated carbocycles. The smallest absolute Gasteiger partial charge is 0.227 e. The molecule has 2 aliphatic rings. The molecule has 2 saturated heterocycles. The third kappa shape index (κ3) is 2.98. The van der Waals surface area contributed by atoms with Gasteiger partial charge in [0.1, 0.15) is 0 Å². The Morgan fingerprint density at radius 2 is 1.82 bits per heavy atom. The first-order chi connectivity index (χ1) is 10.6. The SMILES string of the molecule is CC1CCN(c2ccccc2N2CC(C(=O)Cl)CC2=O)CC1. The van der Waals surface area contributed by atoms with Crippen LogP contribution in [-0.4, -0.2) is 30.8 Å². The fourth-order valence-corrected chi connectivity index (χ4v) is 3.45. The molecule has 2 aliphatic heterocycles. The number of piperidine rings is 1. The summed E-state index contributed by atoms with van der Waals surface area (Å²) in [5.74, 6) is 0.357. The van der Waals surface area contributed by atoms with Crippen LogP contribution in [-0.2, 0) is 9.59 Å². The zero-order chi connectivity index (χ0) is 15.7. The van der Waals surface area contributed by atoms with E-state index in [0.29, 0.717) is 6.54 Å². The van der Waals surface area contributed by atoms with Crippen molar-refractivity contribution in [1.82, 2.24) is 0 Å². The number of anilines is 2. The van der Waals surface area contributed by atoms with Gasteiger partial charge >= 0.3 is 0 Å². The van der Waals surface area contributed by atoms with Crippen molar-refractivity contribution in [3.63, 3.8) is 0 Å². The molecule has 2 fully saturated rings. The molecular weight excluding hydrogens is 300 g/mol. The van der Waals surface area contributed by atoms with E-state index in [1.807, 2.05) is 18.2 Å². The van der Waals surface area contributed by atoms with E-state index < -0.39 is 5.24 Å². The van der Waals surface area contributed by atoms with Gasteiger partial charge in [-0.3, -0.25) is 9.59 Å². The number of benzene rings is 1. The summed E-state index contributed by atoms with van der Waals surface area (Å²) >= 11 is 5.58. The van der Waals surface area contributed by atoms with Crippen LogP contribution in [0.2, 0.25) is 0 Å². The lowest BCUT2D eigenvalue weighted by atomic mass is 9.98. The van der Waals surface area contributed by atoms with Crippen molar-refractivity contribution in [3.05, 3.63) is 24.3 Å². The lowest BCUT2D eigenvalue weighted by molar-refractivity contribution is -0.120. The summed E-state index contributed by atoms with van der Waals surface area (Å²) in [6.07, 6.45) is 2.56. The second-order valence-corrected chi connectivity index (χ2v) is 6.74. The van der Waals surface area contributed by atoms with Crippen LogP contribution in [0.4, 0.5) is 11.4 Å². The average molecular weight is 321 g/mol. The highest BCUT2D eigenvalue weighted by Crippen LogP contribution is 2.35. The molecule has 0 spiro atoms. The first-order valence-electron chi connectivity index (χ1n) is 7.90. The highest BCUT2D eigenvalue weighted by molar-refractivity contribution is 6.64. The summed E-state index contributed by atoms with van der Waals surface area (Å²) in [5, 5.41) is -0.417. The quantitative estimate of drug-likeness (QED) is 0.804. The van der Waals surface area contributed by atoms with Crippen LogP contribution in [0.3, 0.4) is 0 Å². The number of carbonyl (C=O) groups excluding carboxylic acids is 2. The number of hydrogen-bond acceptors (Lipinski definition) is 3. The summed E-state index contributed by atoms with van der Waals surface area (Å²) < 4.78 is 0. The van der Waals surface area contributed by atoms with Crippen molar-refractivity contribution in [1.29, 1.82) is 0 Å². The summed E-state index contributed by atoms with van der Waals surface area (Å²) in [7, 11) is 0. The lowest BCUT2D eigenvalue weighted by Crippen LogP contribution is -2.35. The summed E-state index contributed by atoms with van der Waals surface area (Å²) in [4.78, 5) is 27.7. The van der Waals surface area contributed by atoms with Crippen molar-refractivity contribution in [3.8, 4) is 0 Å². The molecule has 0 aliphatic carbocycles. The molecule has 3 rings (SSSR count). The predicted molar refractivity (Wildman–Crippen MR) is 88.4 cm³/mol. The van der Waals surface area contributed by atoms with Crippen LogP contribution in [0, 0.1) is 11.8 Å². The maximum Gasteiger partial charge on any atom is 0.227 e. The Labute approximate surface area is 136 Å². The molecule has 1 aromatic rings. The Kier molecular flexibility index (Phi) is 4.39. The number of amides is 1. The zero-order valence-corrected chi connectivity index (χ0v) is 13.6. The third-order valence-corrected chi connectivity index (χ3v) is 5.05. The highest BCUT2D eigenvalue weighted by Gasteiger charge is 2.35. The molecule has 1 amide bonds. The van der Waals surface area contributed by atoms with Crippen LogP contribution >= 0.6 is 11.6 Å². The first-order valence-corrected chi connectivity index (χ1v) is 8.27. The monoisotopic (exact) mass is 320 g/mol. The van der Waals surface area contributed by atoms with Crippen LogP contribution in [0.15, 0.2) is 24.3 Å². The molecule has 118 valence electrons. The molecule has 0 aromatic heterocycles. The van der Waals surface area contributed by atoms with E-state index in [2.05, 4.69) is 17.9 Å². The van der Waals surface area contributed by atoms with E-state index >= 15 is 0 Å². The van der Waals surface area contributed by atoms with Crippen molar-refractivity contribution in [2.24, 2.45) is 11.8 Å². The molecule has 5 heteroatoms. The van der Waals surface area contributed by atoms with Crippen molar-refractivity contribution in [2.45, 2.75) is 26.2 Å². The lowest BCUT2D eigenvalue weighted by Gasteiger charge is -2.34. The highest BCUT2D eigenvalue weighted by atomic mass is 35.5. The van der Waals surface area contributed by atoms with Crippen molar-refractivity contribution < 1.29 is 9.59 Å². The second-order valence-electron chi connectivity index (χ2n) is 6.37. The maximum atomic E-state index is 12.3. The van der Waals surface area contributed by atoms with E-state index in [1.165, 1.54) is 12.8 Å². The van der Waals surface area contributed by atoms with Crippen LogP contribution in [0.25, 0.3) is 0 Å². The van der Waals surface area contributed by atoms with Gasteiger partial charge in [-0.25, -0.2) is 0 Å². The molecule has 1 aromatic carbocycles. The molecule has 2 heterocycles. The minimum absolute atomic E-state index is 0.0168. The number of hydrogen-bond donors (Lipinski definition) is 0. The summed E-state index contributed by atoms with van der Waals surface area (Å²) in [6.45, 7) is 4.70. The number of rotatable bonds is 3. The molecule has 22 heavy (non-hydrogen) atoms. The van der Waals surface area contributed by atoms with E-state index in [4.69, 9.17) is 11.6 Å². The van der Waals surface area contributed by atoms with Gasteiger partial charge in [-0.15, -0.1) is 0 Å². The third-order valence-electron chi connectivity index (χ3n) is 4.74. The normalized spacial score (nSPS) is 23.2. The Hall–Kier alpha value is -1.55. The Balaban J connectivity index is 1.85. The van der Waals surface area contributed by atoms with Gasteiger partial charge in [-0.05, 0) is 42.5 Å². The van der Waals surface area contributed by atoms with Gasteiger partial charge in [0.05, 0.1) is 17.3 Å². The van der Waals surface area contributed by atoms with Crippen LogP contribution in [0.5, 0.6) is 0 Å². The maximum absolute atomic E-state index is 12.3. The molecule has 1 atom stereocenters. The van der Waals surface area contributed by atoms with Gasteiger partial charge in [-0.1, -0.05) is 19.1 Å².